The van der Waals surface area contributed by atoms with Gasteiger partial charge in [0.15, 0.2) is 0 Å². The zero-order valence-electron chi connectivity index (χ0n) is 19.6. The molecule has 3 aliphatic rings. The molecule has 1 fully saturated rings. The molecule has 1 atom stereocenters. The van der Waals surface area contributed by atoms with E-state index in [9.17, 15) is 19.5 Å². The number of anilines is 2. The summed E-state index contributed by atoms with van der Waals surface area (Å²) >= 11 is 0. The number of benzene rings is 2. The van der Waals surface area contributed by atoms with Crippen LogP contribution in [0.25, 0.3) is 0 Å². The number of aromatic hydroxyl groups is 1. The Bertz CT molecular complexity index is 1420. The van der Waals surface area contributed by atoms with E-state index in [0.717, 1.165) is 12.8 Å². The van der Waals surface area contributed by atoms with Crippen molar-refractivity contribution in [3.8, 4) is 5.75 Å². The summed E-state index contributed by atoms with van der Waals surface area (Å²) in [6, 6.07) is 10.7. The predicted molar refractivity (Wildman–Crippen MR) is 131 cm³/mol. The van der Waals surface area contributed by atoms with E-state index in [1.54, 1.807) is 18.3 Å². The Morgan fingerprint density at radius 2 is 1.92 bits per heavy atom. The van der Waals surface area contributed by atoms with Gasteiger partial charge in [0.05, 0.1) is 5.56 Å². The van der Waals surface area contributed by atoms with Gasteiger partial charge in [0, 0.05) is 36.8 Å². The van der Waals surface area contributed by atoms with E-state index in [2.05, 4.69) is 38.8 Å². The number of aromatic nitrogens is 2. The van der Waals surface area contributed by atoms with Crippen LogP contribution in [0.5, 0.6) is 5.75 Å². The molecule has 0 radical (unpaired) electrons. The van der Waals surface area contributed by atoms with Gasteiger partial charge in [-0.25, -0.2) is 9.97 Å². The summed E-state index contributed by atoms with van der Waals surface area (Å²) in [6.45, 7) is 0.143. The number of hydrogen-bond acceptors (Lipinski definition) is 7. The van der Waals surface area contributed by atoms with Crippen molar-refractivity contribution in [2.75, 3.05) is 5.32 Å². The fourth-order valence-electron chi connectivity index (χ4n) is 5.38. The first kappa shape index (κ1) is 22.2. The van der Waals surface area contributed by atoms with Gasteiger partial charge >= 0.3 is 0 Å². The fourth-order valence-corrected chi connectivity index (χ4v) is 5.38. The van der Waals surface area contributed by atoms with E-state index in [0.29, 0.717) is 29.3 Å². The van der Waals surface area contributed by atoms with Gasteiger partial charge in [-0.2, -0.15) is 0 Å². The number of phenols is 1. The Hall–Kier alpha value is -4.27. The van der Waals surface area contributed by atoms with Crippen LogP contribution in [0, 0.1) is 0 Å². The van der Waals surface area contributed by atoms with Crippen molar-refractivity contribution in [1.82, 2.24) is 20.2 Å². The van der Waals surface area contributed by atoms with E-state index >= 15 is 0 Å². The maximum absolute atomic E-state index is 13.1. The SMILES string of the molecule is O=C1CCC(N2Cc3c(Nc4ccnc(Cc5ccc6c(c5)CCC6)n4)ccc(O)c3C2=O)C(=O)N1. The Morgan fingerprint density at radius 3 is 2.78 bits per heavy atom. The number of phenolic OH excluding ortho intramolecular Hbond substituents is 1. The number of hydrogen-bond donors (Lipinski definition) is 3. The van der Waals surface area contributed by atoms with Crippen LogP contribution in [0.3, 0.4) is 0 Å². The smallest absolute Gasteiger partial charge is 0.259 e. The van der Waals surface area contributed by atoms with Crippen LogP contribution in [0.15, 0.2) is 42.6 Å². The highest BCUT2D eigenvalue weighted by Crippen LogP contribution is 2.38. The fraction of sp³-hybridized carbons (Fsp3) is 0.296. The summed E-state index contributed by atoms with van der Waals surface area (Å²) in [5.74, 6) is -0.162. The molecule has 2 aliphatic heterocycles. The molecule has 3 aromatic rings. The molecule has 3 heterocycles. The Balaban J connectivity index is 1.24. The van der Waals surface area contributed by atoms with E-state index < -0.39 is 17.9 Å². The van der Waals surface area contributed by atoms with Crippen molar-refractivity contribution in [3.05, 3.63) is 76.2 Å². The minimum atomic E-state index is -0.757. The molecule has 3 amide bonds. The van der Waals surface area contributed by atoms with Crippen molar-refractivity contribution in [1.29, 1.82) is 0 Å². The second-order valence-electron chi connectivity index (χ2n) is 9.50. The number of fused-ring (bicyclic) bond motifs is 2. The molecule has 1 saturated heterocycles. The minimum absolute atomic E-state index is 0.143. The molecule has 1 unspecified atom stereocenters. The maximum atomic E-state index is 13.1. The summed E-state index contributed by atoms with van der Waals surface area (Å²) in [4.78, 5) is 47.6. The average Bonchev–Trinajstić information content (AvgIpc) is 3.46. The number of aryl methyl sites for hydroxylation is 2. The van der Waals surface area contributed by atoms with Crippen LogP contribution in [0.2, 0.25) is 0 Å². The third kappa shape index (κ3) is 3.96. The maximum Gasteiger partial charge on any atom is 0.259 e. The van der Waals surface area contributed by atoms with E-state index in [4.69, 9.17) is 0 Å². The number of piperidine rings is 1. The van der Waals surface area contributed by atoms with Crippen LogP contribution in [0.4, 0.5) is 11.5 Å². The minimum Gasteiger partial charge on any atom is -0.507 e. The van der Waals surface area contributed by atoms with Crippen molar-refractivity contribution in [3.63, 3.8) is 0 Å². The molecule has 3 N–H and O–H groups in total. The molecule has 9 nitrogen and oxygen atoms in total. The molecular formula is C27H25N5O4. The number of nitrogens with one attached hydrogen (secondary N) is 2. The van der Waals surface area contributed by atoms with Gasteiger partial charge in [-0.15, -0.1) is 0 Å². The zero-order chi connectivity index (χ0) is 24.8. The van der Waals surface area contributed by atoms with Crippen molar-refractivity contribution in [2.45, 2.75) is 51.1 Å². The molecule has 9 heteroatoms. The topological polar surface area (TPSA) is 125 Å². The highest BCUT2D eigenvalue weighted by Gasteiger charge is 2.41. The first-order valence-electron chi connectivity index (χ1n) is 12.2. The quantitative estimate of drug-likeness (QED) is 0.376. The number of imide groups is 1. The predicted octanol–water partition coefficient (Wildman–Crippen LogP) is 2.77. The Morgan fingerprint density at radius 1 is 1.06 bits per heavy atom. The van der Waals surface area contributed by atoms with Crippen LogP contribution in [0.1, 0.15) is 57.7 Å². The number of carbonyl (C=O) groups excluding carboxylic acids is 3. The van der Waals surface area contributed by atoms with Gasteiger partial charge in [0.2, 0.25) is 11.8 Å². The van der Waals surface area contributed by atoms with Crippen molar-refractivity contribution in [2.24, 2.45) is 0 Å². The van der Waals surface area contributed by atoms with Gasteiger partial charge in [0.25, 0.3) is 5.91 Å². The second kappa shape index (κ2) is 8.75. The molecule has 6 rings (SSSR count). The molecular weight excluding hydrogens is 458 g/mol. The largest absolute Gasteiger partial charge is 0.507 e. The Kier molecular flexibility index (Phi) is 5.40. The molecule has 0 bridgehead atoms. The highest BCUT2D eigenvalue weighted by atomic mass is 16.3. The van der Waals surface area contributed by atoms with Crippen LogP contribution >= 0.6 is 0 Å². The molecule has 1 aromatic heterocycles. The van der Waals surface area contributed by atoms with Gasteiger partial charge in [-0.1, -0.05) is 18.2 Å². The monoisotopic (exact) mass is 483 g/mol. The standard InChI is InChI=1S/C27H25N5O4/c33-21-8-6-19(18-14-32(27(36)25(18)21)20-7-9-24(34)31-26(20)35)29-22-10-11-28-23(30-22)13-15-4-5-16-2-1-3-17(16)12-15/h4-6,8,10-12,20,33H,1-3,7,9,13-14H2,(H,28,29,30)(H,31,34,35). The zero-order valence-corrected chi connectivity index (χ0v) is 19.6. The molecule has 0 saturated carbocycles. The lowest BCUT2D eigenvalue weighted by molar-refractivity contribution is -0.136. The molecule has 36 heavy (non-hydrogen) atoms. The molecule has 1 aliphatic carbocycles. The lowest BCUT2D eigenvalue weighted by atomic mass is 10.0. The summed E-state index contributed by atoms with van der Waals surface area (Å²) in [5, 5.41) is 16.0. The normalized spacial score (nSPS) is 18.7. The van der Waals surface area contributed by atoms with Crippen molar-refractivity contribution >= 4 is 29.2 Å². The Labute approximate surface area is 207 Å². The summed E-state index contributed by atoms with van der Waals surface area (Å²) in [5.41, 5.74) is 5.38. The van der Waals surface area contributed by atoms with Crippen molar-refractivity contribution < 1.29 is 19.5 Å². The number of amides is 3. The third-order valence-electron chi connectivity index (χ3n) is 7.17. The van der Waals surface area contributed by atoms with Crippen LogP contribution in [-0.2, 0) is 35.4 Å². The van der Waals surface area contributed by atoms with Crippen LogP contribution < -0.4 is 10.6 Å². The van der Waals surface area contributed by atoms with Gasteiger partial charge in [0.1, 0.15) is 23.4 Å². The van der Waals surface area contributed by atoms with Gasteiger partial charge < -0.3 is 15.3 Å². The third-order valence-corrected chi connectivity index (χ3v) is 7.17. The lowest BCUT2D eigenvalue weighted by Gasteiger charge is -2.29. The second-order valence-corrected chi connectivity index (χ2v) is 9.50. The molecule has 2 aromatic carbocycles. The number of nitrogens with zero attached hydrogens (tertiary/aromatic N) is 3. The average molecular weight is 484 g/mol. The number of rotatable bonds is 5. The van der Waals surface area contributed by atoms with E-state index in [1.165, 1.54) is 34.1 Å². The van der Waals surface area contributed by atoms with Crippen LogP contribution in [-0.4, -0.2) is 43.7 Å². The van der Waals surface area contributed by atoms with Gasteiger partial charge in [-0.05, 0) is 60.6 Å². The lowest BCUT2D eigenvalue weighted by Crippen LogP contribution is -2.52. The molecule has 0 spiro atoms. The van der Waals surface area contributed by atoms with E-state index in [1.807, 2.05) is 0 Å². The summed E-state index contributed by atoms with van der Waals surface area (Å²) in [7, 11) is 0. The first-order chi connectivity index (χ1) is 17.5. The first-order valence-corrected chi connectivity index (χ1v) is 12.2. The molecule has 182 valence electrons. The summed E-state index contributed by atoms with van der Waals surface area (Å²) < 4.78 is 0. The van der Waals surface area contributed by atoms with E-state index in [-0.39, 0.29) is 36.6 Å². The number of carbonyl (C=O) groups is 3. The van der Waals surface area contributed by atoms with Gasteiger partial charge in [-0.3, -0.25) is 19.7 Å². The summed E-state index contributed by atoms with van der Waals surface area (Å²) in [6.07, 6.45) is 6.19. The highest BCUT2D eigenvalue weighted by molar-refractivity contribution is 6.07.